The molecule has 1 aromatic rings. The second-order valence-electron chi connectivity index (χ2n) is 5.84. The Bertz CT molecular complexity index is 325. The Labute approximate surface area is 124 Å². The molecule has 0 radical (unpaired) electrons. The van der Waals surface area contributed by atoms with E-state index in [1.165, 1.54) is 31.2 Å². The average Bonchev–Trinajstić information content (AvgIpc) is 2.50. The molecule has 0 saturated carbocycles. The highest BCUT2D eigenvalue weighted by Crippen LogP contribution is 2.20. The van der Waals surface area contributed by atoms with E-state index >= 15 is 0 Å². The molecule has 1 rings (SSSR count). The predicted molar refractivity (Wildman–Crippen MR) is 86.8 cm³/mol. The van der Waals surface area contributed by atoms with E-state index < -0.39 is 0 Å². The molecule has 2 atom stereocenters. The van der Waals surface area contributed by atoms with Crippen molar-refractivity contribution in [2.45, 2.75) is 58.4 Å². The first-order valence-corrected chi connectivity index (χ1v) is 8.17. The molecule has 0 spiro atoms. The maximum Gasteiger partial charge on any atom is 0.0456 e. The number of unbranched alkanes of at least 4 members (excludes halogenated alkanes) is 2. The molecule has 0 aromatic heterocycles. The molecule has 2 N–H and O–H groups in total. The normalized spacial score (nSPS) is 14.2. The Kier molecular flexibility index (Phi) is 9.35. The van der Waals surface area contributed by atoms with E-state index in [2.05, 4.69) is 49.5 Å². The lowest BCUT2D eigenvalue weighted by Crippen LogP contribution is -2.23. The van der Waals surface area contributed by atoms with Crippen LogP contribution < -0.4 is 5.32 Å². The van der Waals surface area contributed by atoms with E-state index in [1.807, 2.05) is 0 Å². The third-order valence-corrected chi connectivity index (χ3v) is 3.87. The van der Waals surface area contributed by atoms with Crippen molar-refractivity contribution in [3.05, 3.63) is 35.9 Å². The predicted octanol–water partition coefficient (Wildman–Crippen LogP) is 4.31. The fourth-order valence-electron chi connectivity index (χ4n) is 2.49. The lowest BCUT2D eigenvalue weighted by Gasteiger charge is -2.19. The fraction of sp³-hybridized carbons (Fsp3) is 0.667. The lowest BCUT2D eigenvalue weighted by molar-refractivity contribution is 0.227. The van der Waals surface area contributed by atoms with Crippen LogP contribution in [-0.4, -0.2) is 18.3 Å². The lowest BCUT2D eigenvalue weighted by atomic mass is 10.00. The van der Waals surface area contributed by atoms with Crippen molar-refractivity contribution < 1.29 is 5.11 Å². The highest BCUT2D eigenvalue weighted by molar-refractivity contribution is 5.18. The standard InChI is InChI=1S/C18H31NO/c1-3-4-6-13-18(17-11-7-5-8-12-17)19-14-9-10-16(2)15-20/h5,7-8,11-12,16,18-20H,3-4,6,9-10,13-15H2,1-2H3. The van der Waals surface area contributed by atoms with Gasteiger partial charge in [-0.25, -0.2) is 0 Å². The summed E-state index contributed by atoms with van der Waals surface area (Å²) in [6, 6.07) is 11.2. The van der Waals surface area contributed by atoms with Gasteiger partial charge in [0.05, 0.1) is 0 Å². The largest absolute Gasteiger partial charge is 0.396 e. The summed E-state index contributed by atoms with van der Waals surface area (Å²) in [5.74, 6) is 0.423. The van der Waals surface area contributed by atoms with Crippen LogP contribution in [0.5, 0.6) is 0 Å². The minimum absolute atomic E-state index is 0.304. The zero-order valence-electron chi connectivity index (χ0n) is 13.1. The number of rotatable bonds is 11. The summed E-state index contributed by atoms with van der Waals surface area (Å²) >= 11 is 0. The van der Waals surface area contributed by atoms with E-state index in [-0.39, 0.29) is 0 Å². The third-order valence-electron chi connectivity index (χ3n) is 3.87. The maximum atomic E-state index is 9.04. The summed E-state index contributed by atoms with van der Waals surface area (Å²) in [5, 5.41) is 12.7. The molecule has 2 unspecified atom stereocenters. The molecule has 0 bridgehead atoms. The summed E-state index contributed by atoms with van der Waals surface area (Å²) in [6.45, 7) is 5.70. The van der Waals surface area contributed by atoms with Crippen LogP contribution in [0.3, 0.4) is 0 Å². The van der Waals surface area contributed by atoms with Crippen LogP contribution in [0.2, 0.25) is 0 Å². The van der Waals surface area contributed by atoms with Gasteiger partial charge in [-0.05, 0) is 37.3 Å². The Balaban J connectivity index is 2.38. The van der Waals surface area contributed by atoms with Gasteiger partial charge in [0, 0.05) is 12.6 Å². The first-order valence-electron chi connectivity index (χ1n) is 8.17. The van der Waals surface area contributed by atoms with Crippen LogP contribution in [0.4, 0.5) is 0 Å². The quantitative estimate of drug-likeness (QED) is 0.591. The molecular formula is C18H31NO. The molecule has 1 aromatic carbocycles. The van der Waals surface area contributed by atoms with Gasteiger partial charge in [0.2, 0.25) is 0 Å². The molecule has 0 fully saturated rings. The second kappa shape index (κ2) is 10.9. The number of aliphatic hydroxyl groups excluding tert-OH is 1. The average molecular weight is 277 g/mol. The van der Waals surface area contributed by atoms with E-state index in [0.717, 1.165) is 19.4 Å². The van der Waals surface area contributed by atoms with Crippen molar-refractivity contribution in [2.24, 2.45) is 5.92 Å². The molecular weight excluding hydrogens is 246 g/mol. The summed E-state index contributed by atoms with van der Waals surface area (Å²) in [5.41, 5.74) is 1.40. The Morgan fingerprint density at radius 2 is 1.80 bits per heavy atom. The van der Waals surface area contributed by atoms with E-state index in [9.17, 15) is 0 Å². The van der Waals surface area contributed by atoms with Crippen molar-refractivity contribution in [3.63, 3.8) is 0 Å². The molecule has 20 heavy (non-hydrogen) atoms. The first-order chi connectivity index (χ1) is 9.77. The number of aliphatic hydroxyl groups is 1. The number of benzene rings is 1. The monoisotopic (exact) mass is 277 g/mol. The molecule has 0 amide bonds. The number of hydrogen-bond donors (Lipinski definition) is 2. The van der Waals surface area contributed by atoms with Crippen molar-refractivity contribution in [1.82, 2.24) is 5.32 Å². The van der Waals surface area contributed by atoms with Crippen molar-refractivity contribution in [3.8, 4) is 0 Å². The van der Waals surface area contributed by atoms with Crippen molar-refractivity contribution in [2.75, 3.05) is 13.2 Å². The molecule has 0 aliphatic rings. The van der Waals surface area contributed by atoms with Crippen LogP contribution in [0.15, 0.2) is 30.3 Å². The molecule has 0 heterocycles. The van der Waals surface area contributed by atoms with E-state index in [1.54, 1.807) is 0 Å². The van der Waals surface area contributed by atoms with Crippen LogP contribution in [0, 0.1) is 5.92 Å². The minimum Gasteiger partial charge on any atom is -0.396 e. The van der Waals surface area contributed by atoms with Gasteiger partial charge < -0.3 is 10.4 Å². The van der Waals surface area contributed by atoms with Gasteiger partial charge in [0.1, 0.15) is 0 Å². The molecule has 0 saturated heterocycles. The van der Waals surface area contributed by atoms with Crippen LogP contribution in [0.1, 0.15) is 64.0 Å². The highest BCUT2D eigenvalue weighted by Gasteiger charge is 2.10. The van der Waals surface area contributed by atoms with Crippen molar-refractivity contribution >= 4 is 0 Å². The molecule has 114 valence electrons. The van der Waals surface area contributed by atoms with Crippen molar-refractivity contribution in [1.29, 1.82) is 0 Å². The Morgan fingerprint density at radius 1 is 1.05 bits per heavy atom. The number of nitrogens with one attached hydrogen (secondary N) is 1. The topological polar surface area (TPSA) is 32.3 Å². The fourth-order valence-corrected chi connectivity index (χ4v) is 2.49. The molecule has 0 aliphatic carbocycles. The van der Waals surface area contributed by atoms with Crippen LogP contribution >= 0.6 is 0 Å². The summed E-state index contributed by atoms with van der Waals surface area (Å²) in [6.07, 6.45) is 7.32. The van der Waals surface area contributed by atoms with Crippen LogP contribution in [-0.2, 0) is 0 Å². The van der Waals surface area contributed by atoms with Gasteiger partial charge in [-0.3, -0.25) is 0 Å². The number of hydrogen-bond acceptors (Lipinski definition) is 2. The van der Waals surface area contributed by atoms with E-state index in [4.69, 9.17) is 5.11 Å². The van der Waals surface area contributed by atoms with Gasteiger partial charge in [-0.2, -0.15) is 0 Å². The summed E-state index contributed by atoms with van der Waals surface area (Å²) in [7, 11) is 0. The highest BCUT2D eigenvalue weighted by atomic mass is 16.3. The van der Waals surface area contributed by atoms with Gasteiger partial charge in [-0.1, -0.05) is 63.4 Å². The van der Waals surface area contributed by atoms with Crippen LogP contribution in [0.25, 0.3) is 0 Å². The van der Waals surface area contributed by atoms with Gasteiger partial charge >= 0.3 is 0 Å². The zero-order chi connectivity index (χ0) is 14.6. The Hall–Kier alpha value is -0.860. The first kappa shape index (κ1) is 17.2. The Morgan fingerprint density at radius 3 is 2.45 bits per heavy atom. The second-order valence-corrected chi connectivity index (χ2v) is 5.84. The van der Waals surface area contributed by atoms with Gasteiger partial charge in [-0.15, -0.1) is 0 Å². The zero-order valence-corrected chi connectivity index (χ0v) is 13.1. The maximum absolute atomic E-state index is 9.04. The third kappa shape index (κ3) is 7.06. The summed E-state index contributed by atoms with van der Waals surface area (Å²) in [4.78, 5) is 0. The smallest absolute Gasteiger partial charge is 0.0456 e. The SMILES string of the molecule is CCCCCC(NCCCC(C)CO)c1ccccc1. The molecule has 2 heteroatoms. The van der Waals surface area contributed by atoms with Gasteiger partial charge in [0.15, 0.2) is 0 Å². The van der Waals surface area contributed by atoms with Gasteiger partial charge in [0.25, 0.3) is 0 Å². The molecule has 2 nitrogen and oxygen atoms in total. The molecule has 0 aliphatic heterocycles. The van der Waals surface area contributed by atoms with E-state index in [0.29, 0.717) is 18.6 Å². The minimum atomic E-state index is 0.304. The summed E-state index contributed by atoms with van der Waals surface area (Å²) < 4.78 is 0.